The van der Waals surface area contributed by atoms with Crippen molar-refractivity contribution in [3.63, 3.8) is 0 Å². The molecule has 88 valence electrons. The zero-order chi connectivity index (χ0) is 12.4. The molecule has 2 N–H and O–H groups in total. The minimum Gasteiger partial charge on any atom is -0.508 e. The van der Waals surface area contributed by atoms with Crippen LogP contribution in [0.4, 0.5) is 0 Å². The van der Waals surface area contributed by atoms with Gasteiger partial charge in [-0.25, -0.2) is 4.79 Å². The molecular formula is C11H10N2O4. The summed E-state index contributed by atoms with van der Waals surface area (Å²) in [5.41, 5.74) is -0.0821. The van der Waals surface area contributed by atoms with Gasteiger partial charge in [-0.2, -0.15) is 4.98 Å². The zero-order valence-electron chi connectivity index (χ0n) is 8.99. The number of benzene rings is 1. The molecule has 2 rings (SSSR count). The smallest absolute Gasteiger partial charge is 0.356 e. The van der Waals surface area contributed by atoms with Crippen molar-refractivity contribution in [3.05, 3.63) is 36.2 Å². The van der Waals surface area contributed by atoms with Crippen LogP contribution in [0.25, 0.3) is 0 Å². The van der Waals surface area contributed by atoms with Crippen molar-refractivity contribution >= 4 is 5.97 Å². The third-order valence-corrected chi connectivity index (χ3v) is 2.10. The quantitative estimate of drug-likeness (QED) is 0.842. The zero-order valence-corrected chi connectivity index (χ0v) is 8.99. The third kappa shape index (κ3) is 2.36. The summed E-state index contributed by atoms with van der Waals surface area (Å²) in [6.07, 6.45) is 1.36. The number of aromatic hydroxyl groups is 1. The normalized spacial score (nSPS) is 10.2. The highest BCUT2D eigenvalue weighted by Crippen LogP contribution is 2.22. The molecule has 0 saturated heterocycles. The van der Waals surface area contributed by atoms with Gasteiger partial charge in [0.05, 0.1) is 0 Å². The SMILES string of the molecule is Cn1cc(C(=O)O)nc1Oc1ccc(O)cc1. The summed E-state index contributed by atoms with van der Waals surface area (Å²) >= 11 is 0. The Labute approximate surface area is 96.7 Å². The Morgan fingerprint density at radius 2 is 2.00 bits per heavy atom. The summed E-state index contributed by atoms with van der Waals surface area (Å²) in [6, 6.07) is 6.23. The molecule has 0 radical (unpaired) electrons. The number of carboxylic acids is 1. The van der Waals surface area contributed by atoms with Gasteiger partial charge in [-0.05, 0) is 24.3 Å². The average molecular weight is 234 g/mol. The number of imidazole rings is 1. The van der Waals surface area contributed by atoms with Crippen molar-refractivity contribution in [2.24, 2.45) is 7.05 Å². The molecule has 1 aromatic heterocycles. The van der Waals surface area contributed by atoms with Crippen LogP contribution in [-0.4, -0.2) is 25.7 Å². The monoisotopic (exact) mass is 234 g/mol. The molecule has 0 aliphatic rings. The Morgan fingerprint density at radius 3 is 2.53 bits per heavy atom. The Morgan fingerprint density at radius 1 is 1.35 bits per heavy atom. The van der Waals surface area contributed by atoms with Crippen LogP contribution in [0.3, 0.4) is 0 Å². The highest BCUT2D eigenvalue weighted by Gasteiger charge is 2.12. The van der Waals surface area contributed by atoms with Crippen LogP contribution in [0, 0.1) is 0 Å². The second kappa shape index (κ2) is 4.17. The number of rotatable bonds is 3. The van der Waals surface area contributed by atoms with Gasteiger partial charge in [0.1, 0.15) is 11.5 Å². The number of hydrogen-bond donors (Lipinski definition) is 2. The van der Waals surface area contributed by atoms with Crippen molar-refractivity contribution in [1.82, 2.24) is 9.55 Å². The lowest BCUT2D eigenvalue weighted by Crippen LogP contribution is -1.95. The number of hydrogen-bond acceptors (Lipinski definition) is 4. The largest absolute Gasteiger partial charge is 0.508 e. The highest BCUT2D eigenvalue weighted by atomic mass is 16.5. The highest BCUT2D eigenvalue weighted by molar-refractivity contribution is 5.85. The number of aromatic carboxylic acids is 1. The molecule has 17 heavy (non-hydrogen) atoms. The lowest BCUT2D eigenvalue weighted by Gasteiger charge is -2.04. The topological polar surface area (TPSA) is 84.6 Å². The lowest BCUT2D eigenvalue weighted by molar-refractivity contribution is 0.0690. The molecule has 0 fully saturated rings. The number of nitrogens with zero attached hydrogens (tertiary/aromatic N) is 2. The molecule has 0 aliphatic carbocycles. The fraction of sp³-hybridized carbons (Fsp3) is 0.0909. The van der Waals surface area contributed by atoms with Crippen LogP contribution in [0.1, 0.15) is 10.5 Å². The van der Waals surface area contributed by atoms with Gasteiger partial charge in [0.2, 0.25) is 0 Å². The maximum Gasteiger partial charge on any atom is 0.356 e. The van der Waals surface area contributed by atoms with E-state index in [1.165, 1.54) is 22.9 Å². The number of aryl methyl sites for hydroxylation is 1. The number of aromatic nitrogens is 2. The van der Waals surface area contributed by atoms with Crippen molar-refractivity contribution in [2.45, 2.75) is 0 Å². The van der Waals surface area contributed by atoms with Crippen molar-refractivity contribution < 1.29 is 19.7 Å². The van der Waals surface area contributed by atoms with E-state index in [0.29, 0.717) is 5.75 Å². The Bertz CT molecular complexity index is 545. The molecule has 0 unspecified atom stereocenters. The van der Waals surface area contributed by atoms with E-state index in [4.69, 9.17) is 14.9 Å². The maximum atomic E-state index is 10.7. The van der Waals surface area contributed by atoms with Crippen molar-refractivity contribution in [1.29, 1.82) is 0 Å². The minimum absolute atomic E-state index is 0.0821. The molecule has 0 saturated carbocycles. The van der Waals surface area contributed by atoms with Crippen molar-refractivity contribution in [2.75, 3.05) is 0 Å². The van der Waals surface area contributed by atoms with E-state index in [1.54, 1.807) is 19.2 Å². The number of carboxylic acid groups (broad SMARTS) is 1. The fourth-order valence-corrected chi connectivity index (χ4v) is 1.27. The lowest BCUT2D eigenvalue weighted by atomic mass is 10.3. The summed E-state index contributed by atoms with van der Waals surface area (Å²) < 4.78 is 6.84. The molecule has 2 aromatic rings. The second-order valence-electron chi connectivity index (χ2n) is 3.42. The molecule has 0 aliphatic heterocycles. The Kier molecular flexibility index (Phi) is 2.70. The van der Waals surface area contributed by atoms with Gasteiger partial charge in [0.15, 0.2) is 5.69 Å². The summed E-state index contributed by atoms with van der Waals surface area (Å²) in [5.74, 6) is -0.516. The first-order chi connectivity index (χ1) is 8.06. The molecule has 0 spiro atoms. The van der Waals surface area contributed by atoms with E-state index in [1.807, 2.05) is 0 Å². The first-order valence-electron chi connectivity index (χ1n) is 4.80. The van der Waals surface area contributed by atoms with Gasteiger partial charge in [-0.1, -0.05) is 0 Å². The molecular weight excluding hydrogens is 224 g/mol. The molecule has 6 nitrogen and oxygen atoms in total. The first kappa shape index (κ1) is 11.0. The predicted octanol–water partition coefficient (Wildman–Crippen LogP) is 1.62. The van der Waals surface area contributed by atoms with Crippen LogP contribution in [0.5, 0.6) is 17.5 Å². The summed E-state index contributed by atoms with van der Waals surface area (Å²) in [7, 11) is 1.63. The second-order valence-corrected chi connectivity index (χ2v) is 3.42. The fourth-order valence-electron chi connectivity index (χ4n) is 1.27. The summed E-state index contributed by atoms with van der Waals surface area (Å²) in [5, 5.41) is 17.9. The Balaban J connectivity index is 2.24. The van der Waals surface area contributed by atoms with Crippen LogP contribution < -0.4 is 4.74 Å². The first-order valence-corrected chi connectivity index (χ1v) is 4.80. The van der Waals surface area contributed by atoms with Crippen LogP contribution in [-0.2, 0) is 7.05 Å². The molecule has 0 bridgehead atoms. The van der Waals surface area contributed by atoms with E-state index >= 15 is 0 Å². The molecule has 0 atom stereocenters. The van der Waals surface area contributed by atoms with E-state index in [-0.39, 0.29) is 17.5 Å². The van der Waals surface area contributed by atoms with Gasteiger partial charge in [-0.3, -0.25) is 0 Å². The van der Waals surface area contributed by atoms with Gasteiger partial charge < -0.3 is 19.5 Å². The average Bonchev–Trinajstić information content (AvgIpc) is 2.64. The maximum absolute atomic E-state index is 10.7. The van der Waals surface area contributed by atoms with Gasteiger partial charge in [-0.15, -0.1) is 0 Å². The number of ether oxygens (including phenoxy) is 1. The van der Waals surface area contributed by atoms with Crippen LogP contribution in [0.2, 0.25) is 0 Å². The number of phenols is 1. The molecule has 1 heterocycles. The molecule has 1 aromatic carbocycles. The standard InChI is InChI=1S/C11H10N2O4/c1-13-6-9(10(15)16)12-11(13)17-8-4-2-7(14)3-5-8/h2-6,14H,1H3,(H,15,16). The number of carbonyl (C=O) groups is 1. The van der Waals surface area contributed by atoms with E-state index in [9.17, 15) is 4.79 Å². The molecule has 6 heteroatoms. The predicted molar refractivity (Wildman–Crippen MR) is 58.3 cm³/mol. The van der Waals surface area contributed by atoms with Crippen molar-refractivity contribution in [3.8, 4) is 17.5 Å². The van der Waals surface area contributed by atoms with Crippen LogP contribution in [0.15, 0.2) is 30.5 Å². The van der Waals surface area contributed by atoms with E-state index < -0.39 is 5.97 Å². The van der Waals surface area contributed by atoms with E-state index in [0.717, 1.165) is 0 Å². The summed E-state index contributed by atoms with van der Waals surface area (Å²) in [6.45, 7) is 0. The van der Waals surface area contributed by atoms with Crippen LogP contribution >= 0.6 is 0 Å². The number of phenolic OH excluding ortho intramolecular Hbond substituents is 1. The minimum atomic E-state index is -1.11. The van der Waals surface area contributed by atoms with Gasteiger partial charge in [0, 0.05) is 13.2 Å². The van der Waals surface area contributed by atoms with E-state index in [2.05, 4.69) is 4.98 Å². The van der Waals surface area contributed by atoms with Gasteiger partial charge >= 0.3 is 12.0 Å². The third-order valence-electron chi connectivity index (χ3n) is 2.10. The van der Waals surface area contributed by atoms with Gasteiger partial charge in [0.25, 0.3) is 0 Å². The Hall–Kier alpha value is -2.50. The molecule has 0 amide bonds. The summed E-state index contributed by atoms with van der Waals surface area (Å²) in [4.78, 5) is 14.5.